The van der Waals surface area contributed by atoms with E-state index in [0.29, 0.717) is 29.8 Å². The van der Waals surface area contributed by atoms with E-state index in [0.717, 1.165) is 0 Å². The van der Waals surface area contributed by atoms with E-state index in [-0.39, 0.29) is 36.4 Å². The minimum Gasteiger partial charge on any atom is -0.495 e. The number of sulfonamides is 1. The molecule has 1 N–H and O–H groups in total. The van der Waals surface area contributed by atoms with Gasteiger partial charge in [-0.05, 0) is 56.2 Å². The maximum Gasteiger partial charge on any atom is 0.338 e. The standard InChI is InChI=1S/C22H26N2O6S/c1-3-30-22(26)17-8-10-18(11-9-17)31(27,28)24-14-12-16(13-15-24)21(25)23-19-6-4-5-7-20(19)29-2/h4-11,16H,3,12-15H2,1-2H3,(H,23,25). The molecule has 0 atom stereocenters. The van der Waals surface area contributed by atoms with Gasteiger partial charge in [0.25, 0.3) is 0 Å². The predicted octanol–water partition coefficient (Wildman–Crippen LogP) is 2.91. The summed E-state index contributed by atoms with van der Waals surface area (Å²) in [5.41, 5.74) is 0.888. The molecule has 31 heavy (non-hydrogen) atoms. The fourth-order valence-corrected chi connectivity index (χ4v) is 4.94. The van der Waals surface area contributed by atoms with Crippen molar-refractivity contribution in [1.29, 1.82) is 0 Å². The molecule has 3 rings (SSSR count). The Bertz CT molecular complexity index is 1030. The molecule has 9 heteroatoms. The Kier molecular flexibility index (Phi) is 7.29. The van der Waals surface area contributed by atoms with Gasteiger partial charge in [-0.25, -0.2) is 13.2 Å². The summed E-state index contributed by atoms with van der Waals surface area (Å²) in [5.74, 6) is -0.363. The van der Waals surface area contributed by atoms with Gasteiger partial charge in [-0.15, -0.1) is 0 Å². The Morgan fingerprint density at radius 3 is 2.32 bits per heavy atom. The number of nitrogens with one attached hydrogen (secondary N) is 1. The van der Waals surface area contributed by atoms with E-state index in [1.807, 2.05) is 6.07 Å². The van der Waals surface area contributed by atoms with Crippen molar-refractivity contribution in [3.05, 3.63) is 54.1 Å². The summed E-state index contributed by atoms with van der Waals surface area (Å²) in [7, 11) is -2.17. The van der Waals surface area contributed by atoms with Crippen LogP contribution in [0.5, 0.6) is 5.75 Å². The average Bonchev–Trinajstić information content (AvgIpc) is 2.79. The monoisotopic (exact) mass is 446 g/mol. The number of rotatable bonds is 7. The third kappa shape index (κ3) is 5.23. The Hall–Kier alpha value is -2.91. The fraction of sp³-hybridized carbons (Fsp3) is 0.364. The largest absolute Gasteiger partial charge is 0.495 e. The molecule has 166 valence electrons. The number of carbonyl (C=O) groups is 2. The Balaban J connectivity index is 1.61. The number of hydrogen-bond acceptors (Lipinski definition) is 6. The summed E-state index contributed by atoms with van der Waals surface area (Å²) in [6, 6.07) is 12.8. The Morgan fingerprint density at radius 2 is 1.71 bits per heavy atom. The highest BCUT2D eigenvalue weighted by molar-refractivity contribution is 7.89. The summed E-state index contributed by atoms with van der Waals surface area (Å²) in [4.78, 5) is 24.5. The first kappa shape index (κ1) is 22.8. The van der Waals surface area contributed by atoms with Crippen LogP contribution in [-0.4, -0.2) is 51.4 Å². The lowest BCUT2D eigenvalue weighted by Gasteiger charge is -2.30. The van der Waals surface area contributed by atoms with Crippen LogP contribution in [0.25, 0.3) is 0 Å². The van der Waals surface area contributed by atoms with Gasteiger partial charge in [0, 0.05) is 19.0 Å². The summed E-state index contributed by atoms with van der Waals surface area (Å²) >= 11 is 0. The molecular weight excluding hydrogens is 420 g/mol. The zero-order chi connectivity index (χ0) is 22.4. The van der Waals surface area contributed by atoms with Crippen LogP contribution in [0, 0.1) is 5.92 Å². The number of anilines is 1. The molecule has 2 aromatic carbocycles. The van der Waals surface area contributed by atoms with Gasteiger partial charge in [-0.3, -0.25) is 4.79 Å². The van der Waals surface area contributed by atoms with Crippen molar-refractivity contribution >= 4 is 27.6 Å². The van der Waals surface area contributed by atoms with Crippen LogP contribution < -0.4 is 10.1 Å². The summed E-state index contributed by atoms with van der Waals surface area (Å²) in [6.45, 7) is 2.44. The number of esters is 1. The van der Waals surface area contributed by atoms with E-state index in [2.05, 4.69) is 5.32 Å². The van der Waals surface area contributed by atoms with E-state index < -0.39 is 16.0 Å². The molecule has 1 amide bonds. The lowest BCUT2D eigenvalue weighted by molar-refractivity contribution is -0.120. The lowest BCUT2D eigenvalue weighted by Crippen LogP contribution is -2.41. The van der Waals surface area contributed by atoms with Gasteiger partial charge in [0.05, 0.1) is 29.9 Å². The van der Waals surface area contributed by atoms with Crippen LogP contribution in [0.15, 0.2) is 53.4 Å². The first-order valence-corrected chi connectivity index (χ1v) is 11.5. The van der Waals surface area contributed by atoms with Gasteiger partial charge >= 0.3 is 5.97 Å². The Labute approximate surface area is 182 Å². The SMILES string of the molecule is CCOC(=O)c1ccc(S(=O)(=O)N2CCC(C(=O)Nc3ccccc3OC)CC2)cc1. The number of carbonyl (C=O) groups excluding carboxylic acids is 2. The van der Waals surface area contributed by atoms with Crippen molar-refractivity contribution in [1.82, 2.24) is 4.31 Å². The van der Waals surface area contributed by atoms with E-state index in [9.17, 15) is 18.0 Å². The highest BCUT2D eigenvalue weighted by Crippen LogP contribution is 2.28. The Morgan fingerprint density at radius 1 is 1.06 bits per heavy atom. The van der Waals surface area contributed by atoms with Crippen LogP contribution in [0.1, 0.15) is 30.1 Å². The average molecular weight is 447 g/mol. The van der Waals surface area contributed by atoms with Crippen molar-refractivity contribution in [3.63, 3.8) is 0 Å². The number of methoxy groups -OCH3 is 1. The zero-order valence-electron chi connectivity index (χ0n) is 17.5. The van der Waals surface area contributed by atoms with Gasteiger partial charge in [-0.1, -0.05) is 12.1 Å². The van der Waals surface area contributed by atoms with E-state index in [1.54, 1.807) is 25.1 Å². The summed E-state index contributed by atoms with van der Waals surface area (Å²) < 4.78 is 37.4. The third-order valence-corrected chi connectivity index (χ3v) is 7.11. The minimum atomic E-state index is -3.71. The molecule has 0 radical (unpaired) electrons. The highest BCUT2D eigenvalue weighted by atomic mass is 32.2. The van der Waals surface area contributed by atoms with Crippen molar-refractivity contribution in [2.75, 3.05) is 32.1 Å². The number of para-hydroxylation sites is 2. The van der Waals surface area contributed by atoms with E-state index in [4.69, 9.17) is 9.47 Å². The maximum absolute atomic E-state index is 12.9. The summed E-state index contributed by atoms with van der Waals surface area (Å²) in [6.07, 6.45) is 0.836. The van der Waals surface area contributed by atoms with Crippen LogP contribution in [0.2, 0.25) is 0 Å². The normalized spacial score (nSPS) is 15.3. The highest BCUT2D eigenvalue weighted by Gasteiger charge is 2.32. The van der Waals surface area contributed by atoms with Gasteiger partial charge in [-0.2, -0.15) is 4.31 Å². The van der Waals surface area contributed by atoms with Crippen molar-refractivity contribution < 1.29 is 27.5 Å². The van der Waals surface area contributed by atoms with Crippen molar-refractivity contribution in [3.8, 4) is 5.75 Å². The zero-order valence-corrected chi connectivity index (χ0v) is 18.4. The van der Waals surface area contributed by atoms with Gasteiger partial charge < -0.3 is 14.8 Å². The molecule has 8 nitrogen and oxygen atoms in total. The molecular formula is C22H26N2O6S. The third-order valence-electron chi connectivity index (χ3n) is 5.19. The predicted molar refractivity (Wildman–Crippen MR) is 116 cm³/mol. The van der Waals surface area contributed by atoms with Gasteiger partial charge in [0.1, 0.15) is 5.75 Å². The molecule has 0 aliphatic carbocycles. The quantitative estimate of drug-likeness (QED) is 0.656. The lowest BCUT2D eigenvalue weighted by atomic mass is 9.97. The van der Waals surface area contributed by atoms with Crippen LogP contribution >= 0.6 is 0 Å². The molecule has 0 unspecified atom stereocenters. The number of benzene rings is 2. The van der Waals surface area contributed by atoms with Crippen molar-refractivity contribution in [2.45, 2.75) is 24.7 Å². The smallest absolute Gasteiger partial charge is 0.338 e. The fourth-order valence-electron chi connectivity index (χ4n) is 3.47. The first-order chi connectivity index (χ1) is 14.9. The number of nitrogens with zero attached hydrogens (tertiary/aromatic N) is 1. The molecule has 1 aliphatic heterocycles. The maximum atomic E-state index is 12.9. The second-order valence-electron chi connectivity index (χ2n) is 7.11. The number of amides is 1. The minimum absolute atomic E-state index is 0.109. The van der Waals surface area contributed by atoms with E-state index >= 15 is 0 Å². The first-order valence-electron chi connectivity index (χ1n) is 10.1. The number of piperidine rings is 1. The molecule has 2 aromatic rings. The number of hydrogen-bond donors (Lipinski definition) is 1. The molecule has 1 aliphatic rings. The molecule has 1 fully saturated rings. The van der Waals surface area contributed by atoms with Crippen LogP contribution in [0.3, 0.4) is 0 Å². The summed E-state index contributed by atoms with van der Waals surface area (Å²) in [5, 5.41) is 2.87. The molecule has 0 bridgehead atoms. The number of ether oxygens (including phenoxy) is 2. The van der Waals surface area contributed by atoms with Crippen LogP contribution in [-0.2, 0) is 19.6 Å². The second-order valence-corrected chi connectivity index (χ2v) is 9.05. The molecule has 0 spiro atoms. The van der Waals surface area contributed by atoms with Crippen molar-refractivity contribution in [2.24, 2.45) is 5.92 Å². The van der Waals surface area contributed by atoms with E-state index in [1.165, 1.54) is 35.7 Å². The van der Waals surface area contributed by atoms with Gasteiger partial charge in [0.15, 0.2) is 0 Å². The molecule has 0 saturated carbocycles. The molecule has 0 aromatic heterocycles. The topological polar surface area (TPSA) is 102 Å². The van der Waals surface area contributed by atoms with Crippen LogP contribution in [0.4, 0.5) is 5.69 Å². The molecule has 1 saturated heterocycles. The van der Waals surface area contributed by atoms with Gasteiger partial charge in [0.2, 0.25) is 15.9 Å². The molecule has 1 heterocycles. The second kappa shape index (κ2) is 9.93.